The summed E-state index contributed by atoms with van der Waals surface area (Å²) in [4.78, 5) is 0. The quantitative estimate of drug-likeness (QED) is 0.238. The van der Waals surface area contributed by atoms with Gasteiger partial charge in [0.15, 0.2) is 0 Å². The van der Waals surface area contributed by atoms with Crippen molar-refractivity contribution in [2.75, 3.05) is 0 Å². The monoisotopic (exact) mass is 462 g/mol. The van der Waals surface area contributed by atoms with Crippen molar-refractivity contribution in [3.05, 3.63) is 71.8 Å². The molecule has 0 unspecified atom stereocenters. The second kappa shape index (κ2) is 14.2. The Balaban J connectivity index is 0.000000443. The minimum Gasteiger partial charge on any atom is -0.741 e. The summed E-state index contributed by atoms with van der Waals surface area (Å²) < 4.78 is 0. The van der Waals surface area contributed by atoms with Gasteiger partial charge in [-0.05, 0) is 21.5 Å². The Labute approximate surface area is 171 Å². The van der Waals surface area contributed by atoms with Gasteiger partial charge in [0.05, 0.1) is 12.4 Å². The van der Waals surface area contributed by atoms with Crippen molar-refractivity contribution in [3.8, 4) is 0 Å². The Morgan fingerprint density at radius 2 is 1.00 bits per heavy atom. The summed E-state index contributed by atoms with van der Waals surface area (Å²) in [6.45, 7) is 0. The number of amidine groups is 2. The number of benzene rings is 2. The van der Waals surface area contributed by atoms with Crippen molar-refractivity contribution in [1.29, 1.82) is 0 Å². The molecule has 2 aromatic rings. The first kappa shape index (κ1) is 22.8. The maximum atomic E-state index is 5.11. The molecular formula is C16H16N6PdS2. The molecule has 4 N–H and O–H groups in total. The van der Waals surface area contributed by atoms with Gasteiger partial charge in [0.1, 0.15) is 0 Å². The molecule has 0 spiro atoms. The molecule has 0 amide bonds. The predicted molar refractivity (Wildman–Crippen MR) is 106 cm³/mol. The average molecular weight is 463 g/mol. The molecule has 0 atom stereocenters. The molecule has 0 saturated heterocycles. The minimum atomic E-state index is 0. The van der Waals surface area contributed by atoms with E-state index in [-0.39, 0.29) is 30.8 Å². The number of hydrogen-bond donors (Lipinski definition) is 2. The van der Waals surface area contributed by atoms with E-state index >= 15 is 0 Å². The molecule has 0 aromatic heterocycles. The molecule has 9 heteroatoms. The van der Waals surface area contributed by atoms with Gasteiger partial charge in [-0.2, -0.15) is 20.4 Å². The molecule has 0 aliphatic heterocycles. The molecule has 25 heavy (non-hydrogen) atoms. The summed E-state index contributed by atoms with van der Waals surface area (Å²) in [6, 6.07) is 19.2. The average Bonchev–Trinajstić information content (AvgIpc) is 2.57. The molecule has 0 heterocycles. The molecule has 2 rings (SSSR count). The van der Waals surface area contributed by atoms with Crippen LogP contribution in [0.2, 0.25) is 0 Å². The normalized spacial score (nSPS) is 11.7. The first-order valence-electron chi connectivity index (χ1n) is 6.75. The van der Waals surface area contributed by atoms with E-state index in [1.165, 1.54) is 0 Å². The number of nitrogens with zero attached hydrogens (tertiary/aromatic N) is 4. The second-order valence-electron chi connectivity index (χ2n) is 4.19. The standard InChI is InChI=1S/2C8H9N3S.Pd/c2*9-8(12)11-10-6-7-4-2-1-3-5-7;/h2*1-6H,(H3,9,11,12);/q;;+2/p-2/b2*10-6+;. The SMILES string of the molecule is N/C([S-])=N\N=C\c1ccccc1.N/C([S-])=N\N=C\c1ccccc1.[Pd+2]. The van der Waals surface area contributed by atoms with Gasteiger partial charge < -0.3 is 36.7 Å². The molecule has 0 saturated carbocycles. The summed E-state index contributed by atoms with van der Waals surface area (Å²) in [5, 5.41) is 14.4. The predicted octanol–water partition coefficient (Wildman–Crippen LogP) is 1.76. The number of hydrogen-bond acceptors (Lipinski definition) is 6. The third-order valence-electron chi connectivity index (χ3n) is 2.33. The summed E-state index contributed by atoms with van der Waals surface area (Å²) in [6.07, 6.45) is 3.19. The smallest absolute Gasteiger partial charge is 0.741 e. The van der Waals surface area contributed by atoms with Crippen molar-refractivity contribution >= 4 is 48.0 Å². The van der Waals surface area contributed by atoms with Crippen molar-refractivity contribution in [2.24, 2.45) is 31.9 Å². The topological polar surface area (TPSA) is 101 Å². The van der Waals surface area contributed by atoms with Crippen LogP contribution in [0.3, 0.4) is 0 Å². The Morgan fingerprint density at radius 1 is 0.680 bits per heavy atom. The molecule has 2 aromatic carbocycles. The van der Waals surface area contributed by atoms with Crippen molar-refractivity contribution in [1.82, 2.24) is 0 Å². The third kappa shape index (κ3) is 12.9. The van der Waals surface area contributed by atoms with Crippen LogP contribution in [0.1, 0.15) is 11.1 Å². The van der Waals surface area contributed by atoms with Crippen LogP contribution < -0.4 is 11.5 Å². The van der Waals surface area contributed by atoms with E-state index in [0.717, 1.165) is 11.1 Å². The summed E-state index contributed by atoms with van der Waals surface area (Å²) in [7, 11) is 0. The first-order chi connectivity index (χ1) is 11.6. The molecule has 132 valence electrons. The number of nitrogens with two attached hydrogens (primary N) is 2. The van der Waals surface area contributed by atoms with E-state index in [4.69, 9.17) is 11.5 Å². The van der Waals surface area contributed by atoms with Gasteiger partial charge in [0.25, 0.3) is 0 Å². The summed E-state index contributed by atoms with van der Waals surface area (Å²) >= 11 is 9.02. The second-order valence-corrected chi connectivity index (χ2v) is 5.02. The van der Waals surface area contributed by atoms with Crippen LogP contribution in [-0.2, 0) is 45.7 Å². The van der Waals surface area contributed by atoms with Crippen LogP contribution in [0.5, 0.6) is 0 Å². The van der Waals surface area contributed by atoms with Crippen LogP contribution in [0.4, 0.5) is 0 Å². The van der Waals surface area contributed by atoms with E-state index in [1.54, 1.807) is 12.4 Å². The molecule has 0 aliphatic carbocycles. The van der Waals surface area contributed by atoms with Gasteiger partial charge >= 0.3 is 20.4 Å². The molecular weight excluding hydrogens is 447 g/mol. The van der Waals surface area contributed by atoms with E-state index in [0.29, 0.717) is 0 Å². The van der Waals surface area contributed by atoms with Gasteiger partial charge in [0.2, 0.25) is 0 Å². The Bertz CT molecular complexity index is 646. The van der Waals surface area contributed by atoms with Crippen molar-refractivity contribution in [2.45, 2.75) is 0 Å². The maximum Gasteiger partial charge on any atom is 2.00 e. The summed E-state index contributed by atoms with van der Waals surface area (Å²) in [5.74, 6) is 0. The van der Waals surface area contributed by atoms with Gasteiger partial charge in [-0.15, -0.1) is 0 Å². The molecule has 0 fully saturated rings. The van der Waals surface area contributed by atoms with E-state index in [1.807, 2.05) is 60.7 Å². The van der Waals surface area contributed by atoms with Crippen LogP contribution in [0.15, 0.2) is 81.1 Å². The Kier molecular flexibility index (Phi) is 13.0. The van der Waals surface area contributed by atoms with Gasteiger partial charge in [-0.1, -0.05) is 60.7 Å². The van der Waals surface area contributed by atoms with Crippen molar-refractivity contribution in [3.63, 3.8) is 0 Å². The zero-order valence-electron chi connectivity index (χ0n) is 13.0. The summed E-state index contributed by atoms with van der Waals surface area (Å²) in [5.41, 5.74) is 12.2. The van der Waals surface area contributed by atoms with Crippen LogP contribution in [0, 0.1) is 0 Å². The van der Waals surface area contributed by atoms with Gasteiger partial charge in [-0.3, -0.25) is 0 Å². The largest absolute Gasteiger partial charge is 2.00 e. The van der Waals surface area contributed by atoms with Crippen LogP contribution in [0.25, 0.3) is 0 Å². The minimum absolute atomic E-state index is 0. The fourth-order valence-electron chi connectivity index (χ4n) is 1.38. The zero-order valence-corrected chi connectivity index (χ0v) is 16.2. The molecule has 0 bridgehead atoms. The van der Waals surface area contributed by atoms with Crippen molar-refractivity contribution < 1.29 is 20.4 Å². The Morgan fingerprint density at radius 3 is 1.28 bits per heavy atom. The zero-order chi connectivity index (χ0) is 17.6. The maximum absolute atomic E-state index is 5.11. The third-order valence-corrected chi connectivity index (χ3v) is 2.49. The molecule has 0 radical (unpaired) electrons. The van der Waals surface area contributed by atoms with E-state index in [2.05, 4.69) is 45.7 Å². The Hall–Kier alpha value is -2.18. The first-order valence-corrected chi connectivity index (χ1v) is 7.56. The van der Waals surface area contributed by atoms with Crippen LogP contribution in [-0.4, -0.2) is 22.8 Å². The van der Waals surface area contributed by atoms with E-state index < -0.39 is 0 Å². The van der Waals surface area contributed by atoms with Gasteiger partial charge in [0, 0.05) is 0 Å². The molecule has 0 aliphatic rings. The number of rotatable bonds is 4. The van der Waals surface area contributed by atoms with Crippen LogP contribution >= 0.6 is 0 Å². The molecule has 6 nitrogen and oxygen atoms in total. The fraction of sp³-hybridized carbons (Fsp3) is 0. The van der Waals surface area contributed by atoms with E-state index in [9.17, 15) is 0 Å². The fourth-order valence-corrected chi connectivity index (χ4v) is 1.48. The van der Waals surface area contributed by atoms with Gasteiger partial charge in [-0.25, -0.2) is 0 Å².